The molecule has 0 bridgehead atoms. The Labute approximate surface area is 288 Å². The molecule has 49 heavy (non-hydrogen) atoms. The molecule has 0 saturated carbocycles. The number of hydrogen-bond acceptors (Lipinski definition) is 4. The highest BCUT2D eigenvalue weighted by Gasteiger charge is 2.37. The molecule has 0 spiro atoms. The number of fused-ring (bicyclic) bond motifs is 3. The Hall–Kier alpha value is -5.36. The molecule has 1 N–H and O–H groups in total. The fourth-order valence-electron chi connectivity index (χ4n) is 6.85. The van der Waals surface area contributed by atoms with Gasteiger partial charge in [0.25, 0.3) is 0 Å². The van der Waals surface area contributed by atoms with Crippen LogP contribution in [0.1, 0.15) is 27.7 Å². The van der Waals surface area contributed by atoms with Crippen molar-refractivity contribution < 1.29 is 9.76 Å². The average molecular weight is 637 g/mol. The molecule has 0 radical (unpaired) electrons. The molecule has 2 aromatic heterocycles. The van der Waals surface area contributed by atoms with Gasteiger partial charge in [0.05, 0.1) is 22.6 Å². The first-order valence-electron chi connectivity index (χ1n) is 16.8. The van der Waals surface area contributed by atoms with Gasteiger partial charge in [-0.3, -0.25) is 9.97 Å². The summed E-state index contributed by atoms with van der Waals surface area (Å²) in [6.45, 7) is 7.52. The van der Waals surface area contributed by atoms with Gasteiger partial charge in [-0.05, 0) is 113 Å². The Morgan fingerprint density at radius 2 is 1.06 bits per heavy atom. The predicted octanol–water partition coefficient (Wildman–Crippen LogP) is 9.49. The van der Waals surface area contributed by atoms with Gasteiger partial charge < -0.3 is 9.76 Å². The highest BCUT2D eigenvalue weighted by molar-refractivity contribution is 6.51. The molecule has 5 heteroatoms. The SMILES string of the molecule is CC(C)(O)C(C)(C)OBc1cc(-c2ccc(-c3ccccn3)cc2)c2c(c1-c1ccc(-c3ccccn3)cc1)-c1cccc3cccc-2c13. The van der Waals surface area contributed by atoms with Crippen molar-refractivity contribution in [3.05, 3.63) is 140 Å². The van der Waals surface area contributed by atoms with Gasteiger partial charge in [-0.2, -0.15) is 0 Å². The molecule has 0 atom stereocenters. The molecule has 0 amide bonds. The maximum atomic E-state index is 11.0. The monoisotopic (exact) mass is 636 g/mol. The zero-order valence-corrected chi connectivity index (χ0v) is 28.2. The van der Waals surface area contributed by atoms with Crippen LogP contribution in [-0.4, -0.2) is 33.8 Å². The summed E-state index contributed by atoms with van der Waals surface area (Å²) in [7, 11) is 0.326. The van der Waals surface area contributed by atoms with E-state index in [4.69, 9.17) is 4.65 Å². The van der Waals surface area contributed by atoms with Gasteiger partial charge >= 0.3 is 7.48 Å². The van der Waals surface area contributed by atoms with E-state index in [-0.39, 0.29) is 0 Å². The first-order valence-corrected chi connectivity index (χ1v) is 16.8. The van der Waals surface area contributed by atoms with Crippen molar-refractivity contribution in [2.24, 2.45) is 0 Å². The van der Waals surface area contributed by atoms with Gasteiger partial charge in [0.2, 0.25) is 0 Å². The van der Waals surface area contributed by atoms with Crippen molar-refractivity contribution in [1.82, 2.24) is 9.97 Å². The van der Waals surface area contributed by atoms with Gasteiger partial charge in [-0.1, -0.05) is 103 Å². The molecule has 0 unspecified atom stereocenters. The van der Waals surface area contributed by atoms with Crippen molar-refractivity contribution in [3.8, 4) is 67.0 Å². The van der Waals surface area contributed by atoms with Crippen molar-refractivity contribution in [2.45, 2.75) is 38.9 Å². The van der Waals surface area contributed by atoms with Gasteiger partial charge in [-0.15, -0.1) is 0 Å². The first kappa shape index (κ1) is 30.9. The number of aromatic nitrogens is 2. The van der Waals surface area contributed by atoms with E-state index in [2.05, 4.69) is 101 Å². The van der Waals surface area contributed by atoms with E-state index in [9.17, 15) is 5.11 Å². The van der Waals surface area contributed by atoms with Crippen LogP contribution >= 0.6 is 0 Å². The lowest BCUT2D eigenvalue weighted by Gasteiger charge is -2.38. The Bertz CT molecular complexity index is 2310. The third-order valence-corrected chi connectivity index (χ3v) is 10.2. The van der Waals surface area contributed by atoms with Crippen LogP contribution in [0.5, 0.6) is 0 Å². The number of hydrogen-bond donors (Lipinski definition) is 1. The summed E-state index contributed by atoms with van der Waals surface area (Å²) in [6, 6.07) is 45.0. The number of pyridine rings is 2. The lowest BCUT2D eigenvalue weighted by Crippen LogP contribution is -2.49. The molecule has 0 aliphatic heterocycles. The van der Waals surface area contributed by atoms with Crippen LogP contribution in [0.15, 0.2) is 140 Å². The third kappa shape index (κ3) is 5.45. The molecule has 0 saturated heterocycles. The molecule has 5 aromatic carbocycles. The van der Waals surface area contributed by atoms with E-state index in [1.54, 1.807) is 13.8 Å². The highest BCUT2D eigenvalue weighted by atomic mass is 16.5. The quantitative estimate of drug-likeness (QED) is 0.169. The average Bonchev–Trinajstić information content (AvgIpc) is 3.46. The summed E-state index contributed by atoms with van der Waals surface area (Å²) in [4.78, 5) is 9.16. The molecule has 8 rings (SSSR count). The van der Waals surface area contributed by atoms with Crippen LogP contribution in [0.4, 0.5) is 0 Å². The second-order valence-corrected chi connectivity index (χ2v) is 13.9. The zero-order chi connectivity index (χ0) is 33.8. The molecular formula is C44H37BN2O2. The van der Waals surface area contributed by atoms with Crippen LogP contribution in [-0.2, 0) is 4.65 Å². The summed E-state index contributed by atoms with van der Waals surface area (Å²) >= 11 is 0. The van der Waals surface area contributed by atoms with Gasteiger partial charge in [0, 0.05) is 23.5 Å². The van der Waals surface area contributed by atoms with E-state index < -0.39 is 11.2 Å². The van der Waals surface area contributed by atoms with Crippen molar-refractivity contribution in [1.29, 1.82) is 0 Å². The summed E-state index contributed by atoms with van der Waals surface area (Å²) in [5, 5.41) is 13.5. The lowest BCUT2D eigenvalue weighted by atomic mass is 9.73. The summed E-state index contributed by atoms with van der Waals surface area (Å²) in [5.74, 6) is 0. The van der Waals surface area contributed by atoms with Crippen LogP contribution in [0, 0.1) is 0 Å². The van der Waals surface area contributed by atoms with Crippen molar-refractivity contribution >= 4 is 23.7 Å². The van der Waals surface area contributed by atoms with E-state index in [1.165, 1.54) is 33.0 Å². The van der Waals surface area contributed by atoms with Crippen molar-refractivity contribution in [2.75, 3.05) is 0 Å². The summed E-state index contributed by atoms with van der Waals surface area (Å²) in [5.41, 5.74) is 12.7. The second-order valence-electron chi connectivity index (χ2n) is 13.9. The van der Waals surface area contributed by atoms with Crippen LogP contribution in [0.2, 0.25) is 0 Å². The molecule has 0 fully saturated rings. The van der Waals surface area contributed by atoms with Crippen molar-refractivity contribution in [3.63, 3.8) is 0 Å². The van der Waals surface area contributed by atoms with Crippen LogP contribution in [0.3, 0.4) is 0 Å². The Morgan fingerprint density at radius 1 is 0.531 bits per heavy atom. The van der Waals surface area contributed by atoms with Gasteiger partial charge in [0.1, 0.15) is 0 Å². The molecule has 1 aliphatic rings. The third-order valence-electron chi connectivity index (χ3n) is 10.2. The molecular weight excluding hydrogens is 599 g/mol. The zero-order valence-electron chi connectivity index (χ0n) is 28.2. The fraction of sp³-hybridized carbons (Fsp3) is 0.136. The number of aliphatic hydroxyl groups is 1. The number of benzene rings is 5. The largest absolute Gasteiger partial charge is 0.427 e. The second kappa shape index (κ2) is 12.0. The maximum absolute atomic E-state index is 11.0. The minimum atomic E-state index is -1.04. The lowest BCUT2D eigenvalue weighted by molar-refractivity contribution is -0.0893. The van der Waals surface area contributed by atoms with Crippen LogP contribution in [0.25, 0.3) is 77.8 Å². The molecule has 238 valence electrons. The van der Waals surface area contributed by atoms with E-state index in [0.717, 1.165) is 50.2 Å². The Balaban J connectivity index is 1.37. The molecule has 1 aliphatic carbocycles. The summed E-state index contributed by atoms with van der Waals surface area (Å²) in [6.07, 6.45) is 3.66. The molecule has 2 heterocycles. The first-order chi connectivity index (χ1) is 23.7. The van der Waals surface area contributed by atoms with E-state index >= 15 is 0 Å². The van der Waals surface area contributed by atoms with E-state index in [1.807, 2.05) is 62.6 Å². The fourth-order valence-corrected chi connectivity index (χ4v) is 6.85. The topological polar surface area (TPSA) is 55.2 Å². The number of rotatable bonds is 8. The van der Waals surface area contributed by atoms with Gasteiger partial charge in [0.15, 0.2) is 0 Å². The minimum absolute atomic E-state index is 0.326. The van der Waals surface area contributed by atoms with E-state index in [0.29, 0.717) is 7.48 Å². The summed E-state index contributed by atoms with van der Waals surface area (Å²) < 4.78 is 6.64. The highest BCUT2D eigenvalue weighted by Crippen LogP contribution is 2.54. The Kier molecular flexibility index (Phi) is 7.55. The maximum Gasteiger partial charge on any atom is 0.310 e. The van der Waals surface area contributed by atoms with Gasteiger partial charge in [-0.25, -0.2) is 0 Å². The standard InChI is InChI=1S/C44H37BN2O2/c1-43(2,48)44(3,4)49-45-36-27-35(28-17-19-29(20-18-28)37-15-5-7-25-46-37)41-33-13-9-11-31-12-10-14-34(39(31)33)42(41)40(36)32-23-21-30(22-24-32)38-16-6-8-26-47-38/h5-27,45,48H,1-4H3. The molecule has 7 aromatic rings. The molecule has 4 nitrogen and oxygen atoms in total. The normalized spacial score (nSPS) is 12.3. The Morgan fingerprint density at radius 3 is 1.59 bits per heavy atom. The van der Waals surface area contributed by atoms with Crippen LogP contribution < -0.4 is 5.46 Å². The minimum Gasteiger partial charge on any atom is -0.427 e. The number of nitrogens with zero attached hydrogens (tertiary/aromatic N) is 2. The smallest absolute Gasteiger partial charge is 0.310 e. The predicted molar refractivity (Wildman–Crippen MR) is 204 cm³/mol.